The number of anilines is 1. The Morgan fingerprint density at radius 3 is 2.57 bits per heavy atom. The van der Waals surface area contributed by atoms with E-state index in [0.717, 1.165) is 8.78 Å². The molecule has 0 aliphatic rings. The Morgan fingerprint density at radius 2 is 2.00 bits per heavy atom. The van der Waals surface area contributed by atoms with Gasteiger partial charge in [-0.25, -0.2) is 8.42 Å². The van der Waals surface area contributed by atoms with E-state index in [4.69, 9.17) is 0 Å². The SMILES string of the molecule is CN(CC(=O)Nc1ccon1)S(=O)(=O)c1ccc(Br)cc1. The first-order valence-corrected chi connectivity index (χ1v) is 8.05. The van der Waals surface area contributed by atoms with Gasteiger partial charge in [-0.05, 0) is 24.3 Å². The van der Waals surface area contributed by atoms with Gasteiger partial charge in [-0.15, -0.1) is 0 Å². The summed E-state index contributed by atoms with van der Waals surface area (Å²) in [6, 6.07) is 7.63. The predicted octanol–water partition coefficient (Wildman–Crippen LogP) is 1.70. The van der Waals surface area contributed by atoms with Crippen molar-refractivity contribution >= 4 is 37.7 Å². The molecule has 0 saturated heterocycles. The van der Waals surface area contributed by atoms with Crippen molar-refractivity contribution in [3.63, 3.8) is 0 Å². The lowest BCUT2D eigenvalue weighted by Gasteiger charge is -2.16. The maximum Gasteiger partial charge on any atom is 0.243 e. The Morgan fingerprint density at radius 1 is 1.33 bits per heavy atom. The first-order chi connectivity index (χ1) is 9.89. The van der Waals surface area contributed by atoms with Crippen molar-refractivity contribution in [1.29, 1.82) is 0 Å². The minimum absolute atomic E-state index is 0.113. The number of likely N-dealkylation sites (N-methyl/N-ethyl adjacent to an activating group) is 1. The van der Waals surface area contributed by atoms with E-state index in [1.165, 1.54) is 31.5 Å². The van der Waals surface area contributed by atoms with Gasteiger partial charge in [-0.3, -0.25) is 4.79 Å². The Labute approximate surface area is 130 Å². The van der Waals surface area contributed by atoms with Crippen LogP contribution in [0.1, 0.15) is 0 Å². The second-order valence-electron chi connectivity index (χ2n) is 4.15. The summed E-state index contributed by atoms with van der Waals surface area (Å²) in [4.78, 5) is 11.9. The summed E-state index contributed by atoms with van der Waals surface area (Å²) < 4.78 is 30.9. The summed E-state index contributed by atoms with van der Waals surface area (Å²) in [5.74, 6) is -0.276. The molecule has 1 aromatic carbocycles. The number of benzene rings is 1. The van der Waals surface area contributed by atoms with E-state index in [1.54, 1.807) is 12.1 Å². The quantitative estimate of drug-likeness (QED) is 0.860. The molecule has 1 aromatic heterocycles. The van der Waals surface area contributed by atoms with Gasteiger partial charge in [-0.2, -0.15) is 4.31 Å². The van der Waals surface area contributed by atoms with Gasteiger partial charge in [0, 0.05) is 17.6 Å². The molecular formula is C12H12BrN3O4S. The molecule has 0 aliphatic heterocycles. The molecule has 2 aromatic rings. The molecule has 0 bridgehead atoms. The zero-order valence-corrected chi connectivity index (χ0v) is 13.4. The van der Waals surface area contributed by atoms with Crippen molar-refractivity contribution < 1.29 is 17.7 Å². The number of hydrogen-bond acceptors (Lipinski definition) is 5. The molecule has 0 aliphatic carbocycles. The molecule has 0 fully saturated rings. The summed E-state index contributed by atoms with van der Waals surface area (Å²) in [6.45, 7) is -0.328. The normalized spacial score (nSPS) is 11.6. The number of nitrogens with one attached hydrogen (secondary N) is 1. The van der Waals surface area contributed by atoms with Gasteiger partial charge in [0.15, 0.2) is 5.82 Å². The van der Waals surface area contributed by atoms with Crippen LogP contribution >= 0.6 is 15.9 Å². The standard InChI is InChI=1S/C12H12BrN3O4S/c1-16(8-12(17)14-11-6-7-20-15-11)21(18,19)10-4-2-9(13)3-5-10/h2-7H,8H2,1H3,(H,14,15,17). The van der Waals surface area contributed by atoms with E-state index in [9.17, 15) is 13.2 Å². The first-order valence-electron chi connectivity index (χ1n) is 5.82. The number of sulfonamides is 1. The number of amides is 1. The van der Waals surface area contributed by atoms with Crippen molar-refractivity contribution in [2.45, 2.75) is 4.90 Å². The van der Waals surface area contributed by atoms with Crippen LogP contribution in [-0.2, 0) is 14.8 Å². The highest BCUT2D eigenvalue weighted by Crippen LogP contribution is 2.17. The van der Waals surface area contributed by atoms with Gasteiger partial charge in [0.2, 0.25) is 15.9 Å². The van der Waals surface area contributed by atoms with Gasteiger partial charge in [-0.1, -0.05) is 21.1 Å². The van der Waals surface area contributed by atoms with Crippen molar-refractivity contribution in [2.24, 2.45) is 0 Å². The predicted molar refractivity (Wildman–Crippen MR) is 79.1 cm³/mol. The molecule has 2 rings (SSSR count). The molecule has 21 heavy (non-hydrogen) atoms. The van der Waals surface area contributed by atoms with Crippen LogP contribution in [0.25, 0.3) is 0 Å². The number of rotatable bonds is 5. The van der Waals surface area contributed by atoms with Gasteiger partial charge in [0.25, 0.3) is 0 Å². The average Bonchev–Trinajstić information content (AvgIpc) is 2.91. The average molecular weight is 374 g/mol. The lowest BCUT2D eigenvalue weighted by molar-refractivity contribution is -0.116. The molecule has 0 atom stereocenters. The lowest BCUT2D eigenvalue weighted by atomic mass is 10.4. The summed E-state index contributed by atoms with van der Waals surface area (Å²) in [5.41, 5.74) is 0. The van der Waals surface area contributed by atoms with E-state index in [-0.39, 0.29) is 17.3 Å². The number of carbonyl (C=O) groups is 1. The highest BCUT2D eigenvalue weighted by Gasteiger charge is 2.23. The third-order valence-electron chi connectivity index (χ3n) is 2.59. The van der Waals surface area contributed by atoms with Gasteiger partial charge < -0.3 is 9.84 Å². The highest BCUT2D eigenvalue weighted by atomic mass is 79.9. The van der Waals surface area contributed by atoms with Gasteiger partial charge >= 0.3 is 0 Å². The molecule has 0 spiro atoms. The fourth-order valence-electron chi connectivity index (χ4n) is 1.53. The van der Waals surface area contributed by atoms with Crippen molar-refractivity contribution in [1.82, 2.24) is 9.46 Å². The van der Waals surface area contributed by atoms with Crippen LogP contribution in [0.4, 0.5) is 5.82 Å². The molecule has 1 amide bonds. The van der Waals surface area contributed by atoms with Crippen LogP contribution in [0.2, 0.25) is 0 Å². The van der Waals surface area contributed by atoms with Crippen LogP contribution in [0.15, 0.2) is 50.5 Å². The number of nitrogens with zero attached hydrogens (tertiary/aromatic N) is 2. The topological polar surface area (TPSA) is 92.5 Å². The molecule has 1 N–H and O–H groups in total. The number of hydrogen-bond donors (Lipinski definition) is 1. The number of carbonyl (C=O) groups excluding carboxylic acids is 1. The first kappa shape index (κ1) is 15.7. The molecular weight excluding hydrogens is 362 g/mol. The Hall–Kier alpha value is -1.71. The summed E-state index contributed by atoms with van der Waals surface area (Å²) in [7, 11) is -2.39. The smallest absolute Gasteiger partial charge is 0.243 e. The lowest BCUT2D eigenvalue weighted by Crippen LogP contribution is -2.35. The van der Waals surface area contributed by atoms with Crippen molar-refractivity contribution in [3.8, 4) is 0 Å². The summed E-state index contributed by atoms with van der Waals surface area (Å²) in [5, 5.41) is 5.94. The van der Waals surface area contributed by atoms with Gasteiger partial charge in [0.1, 0.15) is 6.26 Å². The van der Waals surface area contributed by atoms with E-state index in [1.807, 2.05) is 0 Å². The maximum atomic E-state index is 12.3. The van der Waals surface area contributed by atoms with Crippen molar-refractivity contribution in [3.05, 3.63) is 41.1 Å². The molecule has 0 radical (unpaired) electrons. The number of aromatic nitrogens is 1. The van der Waals surface area contributed by atoms with Crippen LogP contribution in [0.3, 0.4) is 0 Å². The van der Waals surface area contributed by atoms with E-state index in [2.05, 4.69) is 30.9 Å². The Balaban J connectivity index is 2.06. The van der Waals surface area contributed by atoms with Crippen LogP contribution < -0.4 is 5.32 Å². The highest BCUT2D eigenvalue weighted by molar-refractivity contribution is 9.10. The maximum absolute atomic E-state index is 12.3. The monoisotopic (exact) mass is 373 g/mol. The minimum Gasteiger partial charge on any atom is -0.363 e. The molecule has 9 heteroatoms. The zero-order valence-electron chi connectivity index (χ0n) is 11.0. The Kier molecular flexibility index (Phi) is 4.76. The fraction of sp³-hybridized carbons (Fsp3) is 0.167. The molecule has 0 saturated carbocycles. The van der Waals surface area contributed by atoms with E-state index >= 15 is 0 Å². The molecule has 112 valence electrons. The second kappa shape index (κ2) is 6.37. The van der Waals surface area contributed by atoms with Crippen molar-refractivity contribution in [2.75, 3.05) is 18.9 Å². The third-order valence-corrected chi connectivity index (χ3v) is 4.94. The summed E-state index contributed by atoms with van der Waals surface area (Å²) in [6.07, 6.45) is 1.30. The Bertz CT molecular complexity index is 713. The molecule has 7 nitrogen and oxygen atoms in total. The van der Waals surface area contributed by atoms with E-state index in [0.29, 0.717) is 0 Å². The van der Waals surface area contributed by atoms with Gasteiger partial charge in [0.05, 0.1) is 11.4 Å². The fourth-order valence-corrected chi connectivity index (χ4v) is 2.92. The second-order valence-corrected chi connectivity index (χ2v) is 7.11. The van der Waals surface area contributed by atoms with E-state index < -0.39 is 15.9 Å². The molecule has 1 heterocycles. The zero-order chi connectivity index (χ0) is 15.5. The molecule has 0 unspecified atom stereocenters. The van der Waals surface area contributed by atoms with Crippen LogP contribution in [-0.4, -0.2) is 37.4 Å². The van der Waals surface area contributed by atoms with Crippen LogP contribution in [0.5, 0.6) is 0 Å². The third kappa shape index (κ3) is 3.90. The summed E-state index contributed by atoms with van der Waals surface area (Å²) >= 11 is 3.23. The minimum atomic E-state index is -3.72. The van der Waals surface area contributed by atoms with Crippen LogP contribution in [0, 0.1) is 0 Å². The largest absolute Gasteiger partial charge is 0.363 e. The number of halogens is 1.